The first-order chi connectivity index (χ1) is 9.83. The molecule has 0 radical (unpaired) electrons. The summed E-state index contributed by atoms with van der Waals surface area (Å²) in [6.07, 6.45) is 6.46. The number of aromatic nitrogens is 2. The molecule has 1 atom stereocenters. The Labute approximate surface area is 120 Å². The quantitative estimate of drug-likeness (QED) is 0.927. The van der Waals surface area contributed by atoms with Gasteiger partial charge in [-0.15, -0.1) is 0 Å². The maximum atomic E-state index is 4.43. The van der Waals surface area contributed by atoms with Crippen molar-refractivity contribution in [1.29, 1.82) is 0 Å². The van der Waals surface area contributed by atoms with Gasteiger partial charge >= 0.3 is 0 Å². The van der Waals surface area contributed by atoms with Crippen molar-refractivity contribution in [3.05, 3.63) is 42.7 Å². The molecule has 0 bridgehead atoms. The Morgan fingerprint density at radius 2 is 2.15 bits per heavy atom. The van der Waals surface area contributed by atoms with Crippen molar-refractivity contribution in [1.82, 2.24) is 14.5 Å². The van der Waals surface area contributed by atoms with Gasteiger partial charge in [-0.05, 0) is 44.5 Å². The van der Waals surface area contributed by atoms with Gasteiger partial charge in [0.1, 0.15) is 0 Å². The van der Waals surface area contributed by atoms with Crippen molar-refractivity contribution in [3.8, 4) is 5.69 Å². The largest absolute Gasteiger partial charge is 0.355 e. The van der Waals surface area contributed by atoms with Crippen LogP contribution < -0.4 is 5.32 Å². The zero-order valence-corrected chi connectivity index (χ0v) is 12.0. The fraction of sp³-hybridized carbons (Fsp3) is 0.438. The van der Waals surface area contributed by atoms with Crippen molar-refractivity contribution in [2.75, 3.05) is 32.0 Å². The molecular formula is C16H22N4. The van der Waals surface area contributed by atoms with E-state index in [0.717, 1.165) is 24.1 Å². The smallest absolute Gasteiger partial charge is 0.207 e. The van der Waals surface area contributed by atoms with Crippen LogP contribution in [-0.2, 0) is 0 Å². The minimum absolute atomic E-state index is 0.717. The molecule has 1 aliphatic rings. The zero-order valence-electron chi connectivity index (χ0n) is 12.0. The molecule has 1 fully saturated rings. The second-order valence-corrected chi connectivity index (χ2v) is 5.61. The van der Waals surface area contributed by atoms with Gasteiger partial charge in [-0.2, -0.15) is 0 Å². The summed E-state index contributed by atoms with van der Waals surface area (Å²) in [6, 6.07) is 10.3. The Morgan fingerprint density at radius 1 is 1.30 bits per heavy atom. The van der Waals surface area contributed by atoms with Gasteiger partial charge in [-0.25, -0.2) is 4.98 Å². The fourth-order valence-corrected chi connectivity index (χ4v) is 2.91. The van der Waals surface area contributed by atoms with Crippen molar-refractivity contribution in [2.45, 2.75) is 12.8 Å². The van der Waals surface area contributed by atoms with Crippen LogP contribution in [0.25, 0.3) is 5.69 Å². The Bertz CT molecular complexity index is 534. The Balaban J connectivity index is 1.65. The normalized spacial score (nSPS) is 19.9. The summed E-state index contributed by atoms with van der Waals surface area (Å²) < 4.78 is 2.10. The molecule has 3 rings (SSSR count). The van der Waals surface area contributed by atoms with E-state index >= 15 is 0 Å². The number of para-hydroxylation sites is 1. The van der Waals surface area contributed by atoms with Gasteiger partial charge in [0.15, 0.2) is 0 Å². The second-order valence-electron chi connectivity index (χ2n) is 5.61. The predicted molar refractivity (Wildman–Crippen MR) is 82.3 cm³/mol. The minimum atomic E-state index is 0.717. The molecule has 1 aliphatic heterocycles. The first kappa shape index (κ1) is 13.2. The van der Waals surface area contributed by atoms with Gasteiger partial charge in [0.05, 0.1) is 0 Å². The second kappa shape index (κ2) is 6.09. The van der Waals surface area contributed by atoms with Gasteiger partial charge in [-0.3, -0.25) is 4.57 Å². The number of rotatable bonds is 4. The number of hydrogen-bond donors (Lipinski definition) is 1. The van der Waals surface area contributed by atoms with Crippen LogP contribution in [0, 0.1) is 5.92 Å². The molecule has 1 unspecified atom stereocenters. The van der Waals surface area contributed by atoms with E-state index in [-0.39, 0.29) is 0 Å². The summed E-state index contributed by atoms with van der Waals surface area (Å²) in [5.41, 5.74) is 1.15. The number of likely N-dealkylation sites (tertiary alicyclic amines) is 1. The van der Waals surface area contributed by atoms with Gasteiger partial charge in [0.2, 0.25) is 5.95 Å². The molecule has 0 amide bonds. The van der Waals surface area contributed by atoms with E-state index in [0.29, 0.717) is 0 Å². The lowest BCUT2D eigenvalue weighted by molar-refractivity contribution is 0.217. The van der Waals surface area contributed by atoms with Crippen LogP contribution in [0.5, 0.6) is 0 Å². The summed E-state index contributed by atoms with van der Waals surface area (Å²) in [5.74, 6) is 1.65. The zero-order chi connectivity index (χ0) is 13.8. The molecule has 0 aliphatic carbocycles. The van der Waals surface area contributed by atoms with Gasteiger partial charge < -0.3 is 10.2 Å². The summed E-state index contributed by atoms with van der Waals surface area (Å²) in [6.45, 7) is 3.41. The predicted octanol–water partition coefficient (Wildman–Crippen LogP) is 2.63. The molecule has 1 aromatic heterocycles. The van der Waals surface area contributed by atoms with Crippen LogP contribution in [0.3, 0.4) is 0 Å². The summed E-state index contributed by atoms with van der Waals surface area (Å²) in [7, 11) is 2.21. The number of nitrogens with zero attached hydrogens (tertiary/aromatic N) is 3. The molecule has 2 aromatic rings. The monoisotopic (exact) mass is 270 g/mol. The third-order valence-corrected chi connectivity index (χ3v) is 3.95. The van der Waals surface area contributed by atoms with Crippen LogP contribution in [0.4, 0.5) is 5.95 Å². The number of imidazole rings is 1. The van der Waals surface area contributed by atoms with E-state index in [1.807, 2.05) is 18.5 Å². The molecular weight excluding hydrogens is 248 g/mol. The van der Waals surface area contributed by atoms with Gasteiger partial charge in [0, 0.05) is 31.2 Å². The Morgan fingerprint density at radius 3 is 2.95 bits per heavy atom. The van der Waals surface area contributed by atoms with Crippen molar-refractivity contribution >= 4 is 5.95 Å². The molecule has 0 saturated carbocycles. The maximum absolute atomic E-state index is 4.43. The number of nitrogens with one attached hydrogen (secondary N) is 1. The van der Waals surface area contributed by atoms with E-state index in [4.69, 9.17) is 0 Å². The maximum Gasteiger partial charge on any atom is 0.207 e. The molecule has 106 valence electrons. The van der Waals surface area contributed by atoms with E-state index in [9.17, 15) is 0 Å². The lowest BCUT2D eigenvalue weighted by Crippen LogP contribution is -2.35. The Kier molecular flexibility index (Phi) is 4.02. The third kappa shape index (κ3) is 3.02. The van der Waals surface area contributed by atoms with E-state index in [1.165, 1.54) is 25.9 Å². The molecule has 1 N–H and O–H groups in total. The van der Waals surface area contributed by atoms with Crippen molar-refractivity contribution in [3.63, 3.8) is 0 Å². The number of benzene rings is 1. The highest BCUT2D eigenvalue weighted by Gasteiger charge is 2.17. The Hall–Kier alpha value is -1.81. The van der Waals surface area contributed by atoms with Crippen LogP contribution in [0.15, 0.2) is 42.7 Å². The van der Waals surface area contributed by atoms with Crippen molar-refractivity contribution in [2.24, 2.45) is 5.92 Å². The molecule has 1 aromatic carbocycles. The summed E-state index contributed by atoms with van der Waals surface area (Å²) in [4.78, 5) is 6.85. The third-order valence-electron chi connectivity index (χ3n) is 3.95. The first-order valence-electron chi connectivity index (χ1n) is 7.34. The first-order valence-corrected chi connectivity index (χ1v) is 7.34. The van der Waals surface area contributed by atoms with Crippen LogP contribution in [-0.4, -0.2) is 41.1 Å². The van der Waals surface area contributed by atoms with Gasteiger partial charge in [-0.1, -0.05) is 18.2 Å². The molecule has 4 heteroatoms. The highest BCUT2D eigenvalue weighted by Crippen LogP contribution is 2.18. The highest BCUT2D eigenvalue weighted by atomic mass is 15.2. The standard InChI is InChI=1S/C16H22N4/c1-19-10-5-6-14(13-19)12-18-16-17-9-11-20(16)15-7-3-2-4-8-15/h2-4,7-9,11,14H,5-6,10,12-13H2,1H3,(H,17,18). The molecule has 20 heavy (non-hydrogen) atoms. The van der Waals surface area contributed by atoms with E-state index in [2.05, 4.69) is 51.1 Å². The highest BCUT2D eigenvalue weighted by molar-refractivity contribution is 5.41. The van der Waals surface area contributed by atoms with E-state index < -0.39 is 0 Å². The molecule has 0 spiro atoms. The fourth-order valence-electron chi connectivity index (χ4n) is 2.91. The molecule has 4 nitrogen and oxygen atoms in total. The number of anilines is 1. The van der Waals surface area contributed by atoms with Crippen molar-refractivity contribution < 1.29 is 0 Å². The summed E-state index contributed by atoms with van der Waals surface area (Å²) in [5, 5.41) is 3.51. The minimum Gasteiger partial charge on any atom is -0.355 e. The summed E-state index contributed by atoms with van der Waals surface area (Å²) >= 11 is 0. The van der Waals surface area contributed by atoms with Crippen LogP contribution in [0.1, 0.15) is 12.8 Å². The van der Waals surface area contributed by atoms with Crippen LogP contribution >= 0.6 is 0 Å². The van der Waals surface area contributed by atoms with Crippen LogP contribution in [0.2, 0.25) is 0 Å². The average Bonchev–Trinajstić information content (AvgIpc) is 2.95. The molecule has 2 heterocycles. The number of piperidine rings is 1. The van der Waals surface area contributed by atoms with Gasteiger partial charge in [0.25, 0.3) is 0 Å². The average molecular weight is 270 g/mol. The lowest BCUT2D eigenvalue weighted by atomic mass is 9.99. The SMILES string of the molecule is CN1CCCC(CNc2nccn2-c2ccccc2)C1. The lowest BCUT2D eigenvalue weighted by Gasteiger charge is -2.29. The molecule has 1 saturated heterocycles. The number of hydrogen-bond acceptors (Lipinski definition) is 3. The topological polar surface area (TPSA) is 33.1 Å². The van der Waals surface area contributed by atoms with E-state index in [1.54, 1.807) is 0 Å².